The molecule has 3 aliphatic rings. The van der Waals surface area contributed by atoms with Crippen LogP contribution in [0.1, 0.15) is 51.4 Å². The molecule has 9 nitrogen and oxygen atoms in total. The lowest BCUT2D eigenvalue weighted by molar-refractivity contribution is -0.116. The smallest absolute Gasteiger partial charge is 0.410 e. The van der Waals surface area contributed by atoms with Crippen molar-refractivity contribution in [1.82, 2.24) is 14.8 Å². The van der Waals surface area contributed by atoms with Gasteiger partial charge in [0.05, 0.1) is 12.6 Å². The molecule has 1 aromatic heterocycles. The number of amides is 2. The molecule has 0 bridgehead atoms. The van der Waals surface area contributed by atoms with Crippen molar-refractivity contribution >= 4 is 46.8 Å². The Hall–Kier alpha value is -2.26. The molecule has 0 aromatic carbocycles. The SMILES string of the molecule is CC(C)(C)OC(=O)N1CCN2C(=O)c3c(N4CC(=O)CC4(C)C)nc(Cl)c(Cl)c3OC[C@H]2C1. The normalized spacial score (nSPS) is 22.5. The third kappa shape index (κ3) is 4.45. The van der Waals surface area contributed by atoms with Gasteiger partial charge in [0.2, 0.25) is 0 Å². The van der Waals surface area contributed by atoms with Gasteiger partial charge in [-0.25, -0.2) is 9.78 Å². The standard InChI is InChI=1S/C22H28Cl2N4O5/c1-21(2,3)33-20(31)26-6-7-27-12(9-26)11-32-16-14(19(27)30)18(25-17(24)15(16)23)28-10-13(29)8-22(28,4)5/h12H,6-11H2,1-5H3/t12-/m1/s1. The van der Waals surface area contributed by atoms with Gasteiger partial charge in [-0.05, 0) is 34.6 Å². The number of anilines is 1. The second-order valence-electron chi connectivity index (χ2n) is 10.2. The lowest BCUT2D eigenvalue weighted by Crippen LogP contribution is -2.58. The lowest BCUT2D eigenvalue weighted by Gasteiger charge is -2.40. The molecule has 3 aliphatic heterocycles. The molecule has 33 heavy (non-hydrogen) atoms. The van der Waals surface area contributed by atoms with Crippen molar-refractivity contribution in [1.29, 1.82) is 0 Å². The minimum absolute atomic E-state index is 0.00335. The maximum Gasteiger partial charge on any atom is 0.410 e. The van der Waals surface area contributed by atoms with E-state index in [-0.39, 0.29) is 58.7 Å². The van der Waals surface area contributed by atoms with Crippen molar-refractivity contribution in [2.75, 3.05) is 37.7 Å². The first-order chi connectivity index (χ1) is 15.3. The fourth-order valence-electron chi connectivity index (χ4n) is 4.49. The van der Waals surface area contributed by atoms with Gasteiger partial charge in [0.25, 0.3) is 5.91 Å². The highest BCUT2D eigenvalue weighted by atomic mass is 35.5. The maximum absolute atomic E-state index is 13.8. The van der Waals surface area contributed by atoms with Gasteiger partial charge in [0.15, 0.2) is 16.7 Å². The van der Waals surface area contributed by atoms with Crippen molar-refractivity contribution in [2.24, 2.45) is 0 Å². The van der Waals surface area contributed by atoms with Crippen LogP contribution in [0.3, 0.4) is 0 Å². The summed E-state index contributed by atoms with van der Waals surface area (Å²) >= 11 is 12.7. The summed E-state index contributed by atoms with van der Waals surface area (Å²) in [5.41, 5.74) is -0.970. The molecule has 180 valence electrons. The molecular weight excluding hydrogens is 471 g/mol. The minimum Gasteiger partial charge on any atom is -0.489 e. The van der Waals surface area contributed by atoms with Gasteiger partial charge in [0.1, 0.15) is 28.6 Å². The number of hydrogen-bond donors (Lipinski definition) is 0. The van der Waals surface area contributed by atoms with Gasteiger partial charge < -0.3 is 24.2 Å². The van der Waals surface area contributed by atoms with E-state index in [0.29, 0.717) is 19.5 Å². The maximum atomic E-state index is 13.8. The molecule has 2 saturated heterocycles. The molecule has 11 heteroatoms. The van der Waals surface area contributed by atoms with Gasteiger partial charge in [-0.2, -0.15) is 0 Å². The Kier molecular flexibility index (Phi) is 5.93. The molecule has 0 saturated carbocycles. The third-order valence-electron chi connectivity index (χ3n) is 6.02. The molecule has 2 amide bonds. The average molecular weight is 499 g/mol. The van der Waals surface area contributed by atoms with Gasteiger partial charge in [-0.15, -0.1) is 0 Å². The molecule has 4 heterocycles. The molecule has 0 aliphatic carbocycles. The summed E-state index contributed by atoms with van der Waals surface area (Å²) in [6, 6.07) is -0.401. The van der Waals surface area contributed by atoms with Crippen LogP contribution in [0.15, 0.2) is 0 Å². The number of fused-ring (bicyclic) bond motifs is 2. The third-order valence-corrected chi connectivity index (χ3v) is 6.74. The van der Waals surface area contributed by atoms with Crippen LogP contribution in [0, 0.1) is 0 Å². The molecule has 0 N–H and O–H groups in total. The zero-order chi connectivity index (χ0) is 24.3. The molecule has 0 spiro atoms. The number of Topliss-reactive ketones (excluding diaryl/α,β-unsaturated/α-hetero) is 1. The number of ketones is 1. The molecule has 4 rings (SSSR count). The number of nitrogens with zero attached hydrogens (tertiary/aromatic N) is 4. The predicted molar refractivity (Wildman–Crippen MR) is 123 cm³/mol. The number of halogens is 2. The highest BCUT2D eigenvalue weighted by Crippen LogP contribution is 2.44. The van der Waals surface area contributed by atoms with E-state index in [9.17, 15) is 14.4 Å². The summed E-state index contributed by atoms with van der Waals surface area (Å²) in [5.74, 6) is 0.181. The van der Waals surface area contributed by atoms with Crippen LogP contribution < -0.4 is 9.64 Å². The minimum atomic E-state index is -0.620. The Morgan fingerprint density at radius 1 is 1.21 bits per heavy atom. The molecule has 2 fully saturated rings. The molecular formula is C22H28Cl2N4O5. The Balaban J connectivity index is 1.68. The first-order valence-electron chi connectivity index (χ1n) is 10.9. The van der Waals surface area contributed by atoms with Crippen molar-refractivity contribution in [3.8, 4) is 5.75 Å². The van der Waals surface area contributed by atoms with Crippen LogP contribution >= 0.6 is 23.2 Å². The second-order valence-corrected chi connectivity index (χ2v) is 11.0. The van der Waals surface area contributed by atoms with Gasteiger partial charge in [-0.3, -0.25) is 9.59 Å². The largest absolute Gasteiger partial charge is 0.489 e. The Bertz CT molecular complexity index is 1020. The van der Waals surface area contributed by atoms with Crippen LogP contribution in [0.2, 0.25) is 10.2 Å². The Morgan fingerprint density at radius 2 is 1.91 bits per heavy atom. The van der Waals surface area contributed by atoms with E-state index >= 15 is 0 Å². The summed E-state index contributed by atoms with van der Waals surface area (Å²) in [5, 5.41) is 0.0551. The van der Waals surface area contributed by atoms with E-state index in [2.05, 4.69) is 4.98 Å². The zero-order valence-electron chi connectivity index (χ0n) is 19.4. The van der Waals surface area contributed by atoms with E-state index in [4.69, 9.17) is 32.7 Å². The summed E-state index contributed by atoms with van der Waals surface area (Å²) in [6.07, 6.45) is -0.104. The fraction of sp³-hybridized carbons (Fsp3) is 0.636. The van der Waals surface area contributed by atoms with E-state index in [1.54, 1.807) is 35.5 Å². The topological polar surface area (TPSA) is 92.3 Å². The van der Waals surface area contributed by atoms with Gasteiger partial charge in [-0.1, -0.05) is 23.2 Å². The highest BCUT2D eigenvalue weighted by molar-refractivity contribution is 6.42. The summed E-state index contributed by atoms with van der Waals surface area (Å²) < 4.78 is 11.5. The number of rotatable bonds is 1. The quantitative estimate of drug-likeness (QED) is 0.547. The summed E-state index contributed by atoms with van der Waals surface area (Å²) in [7, 11) is 0. The van der Waals surface area contributed by atoms with Crippen LogP contribution in [0.4, 0.5) is 10.6 Å². The van der Waals surface area contributed by atoms with Gasteiger partial charge in [0, 0.05) is 31.6 Å². The summed E-state index contributed by atoms with van der Waals surface area (Å²) in [4.78, 5) is 48.0. The van der Waals surface area contributed by atoms with E-state index in [1.807, 2.05) is 13.8 Å². The van der Waals surface area contributed by atoms with Crippen LogP contribution in [-0.2, 0) is 9.53 Å². The molecule has 1 atom stereocenters. The lowest BCUT2D eigenvalue weighted by atomic mass is 10.0. The molecule has 0 unspecified atom stereocenters. The molecule has 0 radical (unpaired) electrons. The zero-order valence-corrected chi connectivity index (χ0v) is 20.9. The number of hydrogen-bond acceptors (Lipinski definition) is 7. The van der Waals surface area contributed by atoms with Crippen molar-refractivity contribution < 1.29 is 23.9 Å². The molecule has 1 aromatic rings. The number of carbonyl (C=O) groups excluding carboxylic acids is 3. The second kappa shape index (κ2) is 8.20. The number of aromatic nitrogens is 1. The Morgan fingerprint density at radius 3 is 2.52 bits per heavy atom. The Labute approximate surface area is 202 Å². The number of carbonyl (C=O) groups is 3. The first-order valence-corrected chi connectivity index (χ1v) is 11.6. The average Bonchev–Trinajstić information content (AvgIpc) is 2.89. The summed E-state index contributed by atoms with van der Waals surface area (Å²) in [6.45, 7) is 10.4. The fourth-order valence-corrected chi connectivity index (χ4v) is 4.85. The highest BCUT2D eigenvalue weighted by Gasteiger charge is 2.45. The van der Waals surface area contributed by atoms with Crippen molar-refractivity contribution in [3.05, 3.63) is 15.7 Å². The van der Waals surface area contributed by atoms with E-state index in [0.717, 1.165) is 0 Å². The number of piperazine rings is 1. The monoisotopic (exact) mass is 498 g/mol. The predicted octanol–water partition coefficient (Wildman–Crippen LogP) is 3.40. The van der Waals surface area contributed by atoms with Crippen molar-refractivity contribution in [2.45, 2.75) is 58.2 Å². The van der Waals surface area contributed by atoms with Crippen LogP contribution in [0.5, 0.6) is 5.75 Å². The van der Waals surface area contributed by atoms with Crippen LogP contribution in [-0.4, -0.2) is 82.5 Å². The number of pyridine rings is 1. The number of ether oxygens (including phenoxy) is 2. The van der Waals surface area contributed by atoms with Crippen LogP contribution in [0.25, 0.3) is 0 Å². The van der Waals surface area contributed by atoms with E-state index < -0.39 is 23.3 Å². The van der Waals surface area contributed by atoms with Crippen molar-refractivity contribution in [3.63, 3.8) is 0 Å². The van der Waals surface area contributed by atoms with E-state index in [1.165, 1.54) is 0 Å². The first kappa shape index (κ1) is 23.9. The van der Waals surface area contributed by atoms with Gasteiger partial charge >= 0.3 is 6.09 Å².